The maximum Gasteiger partial charge on any atom is 0.647 e. The van der Waals surface area contributed by atoms with Crippen LogP contribution in [0.4, 0.5) is 0 Å². The Labute approximate surface area is 538 Å². The average molecular weight is 1320 g/mol. The van der Waals surface area contributed by atoms with Crippen LogP contribution in [-0.2, 0) is 39.9 Å². The number of rotatable bonds is 8. The molecule has 16 nitrogen and oxygen atoms in total. The molecule has 0 saturated carbocycles. The van der Waals surface area contributed by atoms with Gasteiger partial charge in [0.25, 0.3) is 0 Å². The molecule has 5 aliphatic rings. The number of hydrogen-bond donors (Lipinski definition) is 0. The first-order valence-electron chi connectivity index (χ1n) is 30.9. The molecule has 13 rings (SSSR count). The molecule has 0 spiro atoms. The second-order valence-corrected chi connectivity index (χ2v) is 34.3. The van der Waals surface area contributed by atoms with Gasteiger partial charge in [-0.25, -0.2) is 0 Å². The summed E-state index contributed by atoms with van der Waals surface area (Å²) < 4.78 is 143. The zero-order valence-corrected chi connectivity index (χ0v) is 58.1. The van der Waals surface area contributed by atoms with E-state index in [0.717, 1.165) is 22.3 Å². The summed E-state index contributed by atoms with van der Waals surface area (Å²) in [7, 11) is -19.6. The highest BCUT2D eigenvalue weighted by molar-refractivity contribution is 7.50. The molecule has 8 bridgehead atoms. The van der Waals surface area contributed by atoms with E-state index in [9.17, 15) is 0 Å². The van der Waals surface area contributed by atoms with Gasteiger partial charge in [0.15, 0.2) is 0 Å². The van der Waals surface area contributed by atoms with Gasteiger partial charge in [-0.15, -0.1) is 0 Å². The zero-order valence-electron chi connectivity index (χ0n) is 54.5. The quantitative estimate of drug-likeness (QED) is 0.131. The Balaban J connectivity index is 1.08. The monoisotopic (exact) mass is 1320 g/mol. The fourth-order valence-electron chi connectivity index (χ4n) is 12.2. The van der Waals surface area contributed by atoms with Crippen molar-refractivity contribution in [2.45, 2.75) is 156 Å². The normalized spacial score (nSPS) is 24.3. The minimum absolute atomic E-state index is 0.0121. The number of hydrogen-bond acceptors (Lipinski definition) is 16. The molecule has 4 heterocycles. The summed E-state index contributed by atoms with van der Waals surface area (Å²) >= 11 is 0. The summed E-state index contributed by atoms with van der Waals surface area (Å²) in [6, 6.07) is 42.1. The lowest BCUT2D eigenvalue weighted by molar-refractivity contribution is 0.285. The molecular formula is C72H76O16P4. The van der Waals surface area contributed by atoms with Crippen LogP contribution in [0.1, 0.15) is 201 Å². The van der Waals surface area contributed by atoms with Crippen LogP contribution in [0, 0.1) is 0 Å². The summed E-state index contributed by atoms with van der Waals surface area (Å²) in [5.74, 6) is -1.85. The summed E-state index contributed by atoms with van der Waals surface area (Å²) in [5, 5.41) is 0. The van der Waals surface area contributed by atoms with Crippen LogP contribution in [-0.4, -0.2) is 0 Å². The molecular weight excluding hydrogens is 1240 g/mol. The molecule has 0 radical (unpaired) electrons. The van der Waals surface area contributed by atoms with Gasteiger partial charge in [0.05, 0.1) is 0 Å². The second kappa shape index (κ2) is 21.9. The van der Waals surface area contributed by atoms with E-state index in [-0.39, 0.29) is 90.7 Å². The smallest absolute Gasteiger partial charge is 0.386 e. The summed E-state index contributed by atoms with van der Waals surface area (Å²) in [5.41, 5.74) is 7.16. The Bertz CT molecular complexity index is 3770. The highest BCUT2D eigenvalue weighted by Crippen LogP contribution is 2.66. The van der Waals surface area contributed by atoms with E-state index in [1.165, 1.54) is 24.3 Å². The maximum absolute atomic E-state index is 16.0. The molecule has 480 valence electrons. The number of phosphoric acid groups is 4. The predicted octanol–water partition coefficient (Wildman–Crippen LogP) is 21.6. The molecule has 0 saturated heterocycles. The van der Waals surface area contributed by atoms with Crippen molar-refractivity contribution in [2.75, 3.05) is 0 Å². The maximum atomic E-state index is 16.0. The zero-order chi connectivity index (χ0) is 65.6. The Morgan fingerprint density at radius 1 is 0.250 bits per heavy atom. The topological polar surface area (TPSA) is 179 Å². The van der Waals surface area contributed by atoms with E-state index >= 15 is 18.3 Å². The van der Waals surface area contributed by atoms with Crippen molar-refractivity contribution in [1.82, 2.24) is 0 Å². The molecule has 0 amide bonds. The molecule has 20 heteroatoms. The molecule has 8 aromatic rings. The number of phosphoric ester groups is 4. The van der Waals surface area contributed by atoms with Crippen LogP contribution in [0.15, 0.2) is 146 Å². The van der Waals surface area contributed by atoms with Gasteiger partial charge >= 0.3 is 31.3 Å². The predicted molar refractivity (Wildman–Crippen MR) is 354 cm³/mol. The van der Waals surface area contributed by atoms with Crippen LogP contribution in [0.25, 0.3) is 0 Å². The van der Waals surface area contributed by atoms with Gasteiger partial charge in [0.1, 0.15) is 69.0 Å². The van der Waals surface area contributed by atoms with Crippen molar-refractivity contribution in [3.8, 4) is 69.0 Å². The van der Waals surface area contributed by atoms with Gasteiger partial charge in [0.2, 0.25) is 0 Å². The van der Waals surface area contributed by atoms with Gasteiger partial charge in [-0.05, 0) is 117 Å². The van der Waals surface area contributed by atoms with E-state index < -0.39 is 55.0 Å². The third-order valence-corrected chi connectivity index (χ3v) is 22.8. The summed E-state index contributed by atoms with van der Waals surface area (Å²) in [6.45, 7) is 32.8. The molecule has 0 aromatic heterocycles. The van der Waals surface area contributed by atoms with Crippen LogP contribution in [0.2, 0.25) is 0 Å². The van der Waals surface area contributed by atoms with Crippen LogP contribution >= 0.6 is 31.3 Å². The van der Waals surface area contributed by atoms with Crippen molar-refractivity contribution >= 4 is 31.3 Å². The summed E-state index contributed by atoms with van der Waals surface area (Å²) in [6.07, 6.45) is 0. The molecule has 4 aliphatic heterocycles. The molecule has 0 unspecified atom stereocenters. The highest BCUT2D eigenvalue weighted by Gasteiger charge is 2.48. The van der Waals surface area contributed by atoms with Crippen molar-refractivity contribution in [3.63, 3.8) is 0 Å². The third kappa shape index (κ3) is 12.1. The summed E-state index contributed by atoms with van der Waals surface area (Å²) in [4.78, 5) is 0. The molecule has 1 aliphatic carbocycles. The van der Waals surface area contributed by atoms with Crippen LogP contribution in [0.5, 0.6) is 69.0 Å². The van der Waals surface area contributed by atoms with Crippen molar-refractivity contribution < 1.29 is 72.5 Å². The Hall–Kier alpha value is -7.72. The lowest BCUT2D eigenvalue weighted by atomic mass is 9.81. The van der Waals surface area contributed by atoms with Gasteiger partial charge in [-0.3, -0.25) is 0 Å². The first-order chi connectivity index (χ1) is 43.0. The average Bonchev–Trinajstić information content (AvgIpc) is 0.731. The first kappa shape index (κ1) is 63.1. The lowest BCUT2D eigenvalue weighted by Crippen LogP contribution is -2.20. The largest absolute Gasteiger partial charge is 0.647 e. The van der Waals surface area contributed by atoms with Gasteiger partial charge in [-0.2, -0.15) is 18.3 Å². The van der Waals surface area contributed by atoms with Crippen molar-refractivity contribution in [3.05, 3.63) is 212 Å². The Morgan fingerprint density at radius 2 is 0.391 bits per heavy atom. The minimum Gasteiger partial charge on any atom is -0.386 e. The molecule has 8 aromatic carbocycles. The molecule has 0 fully saturated rings. The van der Waals surface area contributed by atoms with E-state index in [4.69, 9.17) is 54.3 Å². The van der Waals surface area contributed by atoms with Crippen molar-refractivity contribution in [2.24, 2.45) is 0 Å². The van der Waals surface area contributed by atoms with Crippen LogP contribution < -0.4 is 54.3 Å². The van der Waals surface area contributed by atoms with Crippen molar-refractivity contribution in [1.29, 1.82) is 0 Å². The SMILES string of the molecule is CC1c2cc3c4cc2OP(=O)(Oc2ccc(C(C)(C)C)cc2)Oc2cc5c(cc21)C(C)c1cc2c(cc1OP(=O)(Oc1ccc(C(C)(C)C)cc1)O5)OP(=O)(Oc1ccc(C(C)(C)C)cc1)Oc1cc(c(cc1C2C)C3C)OP(=O)(Oc1ccc(C(C)(C)C)cc1)O4. The lowest BCUT2D eigenvalue weighted by Gasteiger charge is -2.35. The fourth-order valence-corrected chi connectivity index (χ4v) is 17.3. The molecule has 0 N–H and O–H groups in total. The third-order valence-electron chi connectivity index (χ3n) is 17.7. The van der Waals surface area contributed by atoms with Gasteiger partial charge in [0, 0.05) is 92.4 Å². The van der Waals surface area contributed by atoms with Gasteiger partial charge < -0.3 is 54.3 Å². The second-order valence-electron chi connectivity index (χ2n) is 28.6. The standard InChI is InChI=1S/C72H76O16P4/c1-41-53-33-55-42(2)57-35-59-44(4)60-36-58-43(3)56-34-54(41)62-38-64(56)84-91(75,79-51-29-21-47(22-30-51)71(11,12)13)86-66(58)40-68(60)88-92(76,80-52-31-23-48(24-32-52)72(14,15)16)87-67(59)39-65(57)85-90(74,78-50-27-19-46(20-28-50)70(8,9)10)83-63(55)37-61(53)81-89(73,82-62)77-49-25-17-45(18-26-49)69(5,6)7/h17-44H,1-16H3. The van der Waals surface area contributed by atoms with E-state index in [2.05, 4.69) is 83.1 Å². The van der Waals surface area contributed by atoms with E-state index in [1.807, 2.05) is 100 Å². The fraction of sp³-hybridized carbons (Fsp3) is 0.333. The van der Waals surface area contributed by atoms with E-state index in [1.54, 1.807) is 48.5 Å². The van der Waals surface area contributed by atoms with E-state index in [0.29, 0.717) is 44.5 Å². The van der Waals surface area contributed by atoms with Crippen LogP contribution in [0.3, 0.4) is 0 Å². The molecule has 0 atom stereocenters. The molecule has 92 heavy (non-hydrogen) atoms. The highest BCUT2D eigenvalue weighted by atomic mass is 31.2. The Morgan fingerprint density at radius 3 is 0.522 bits per heavy atom. The Kier molecular flexibility index (Phi) is 15.0. The number of benzene rings is 8. The minimum atomic E-state index is -4.90. The first-order valence-corrected chi connectivity index (χ1v) is 36.7. The van der Waals surface area contributed by atoms with Gasteiger partial charge in [-0.1, -0.05) is 159 Å².